The summed E-state index contributed by atoms with van der Waals surface area (Å²) in [6.07, 6.45) is 4.09. The highest BCUT2D eigenvalue weighted by Gasteiger charge is 2.25. The minimum absolute atomic E-state index is 0.289. The van der Waals surface area contributed by atoms with Gasteiger partial charge < -0.3 is 24.6 Å². The van der Waals surface area contributed by atoms with Crippen molar-refractivity contribution in [1.29, 1.82) is 0 Å². The van der Waals surface area contributed by atoms with Gasteiger partial charge >= 0.3 is 0 Å². The Hall–Kier alpha value is -4.11. The fourth-order valence-electron chi connectivity index (χ4n) is 5.72. The van der Waals surface area contributed by atoms with Gasteiger partial charge in [-0.2, -0.15) is 4.98 Å². The SMILES string of the molecule is COc1cc2nc(N3CCN(c4ccccn4)CC3)nc(NC3CCCN(Cc4ccccc4)C3)c2cc1OC. The van der Waals surface area contributed by atoms with Crippen LogP contribution in [-0.2, 0) is 6.54 Å². The summed E-state index contributed by atoms with van der Waals surface area (Å²) in [5.41, 5.74) is 2.19. The Kier molecular flexibility index (Phi) is 7.81. The number of methoxy groups -OCH3 is 2. The maximum absolute atomic E-state index is 5.63. The molecule has 2 aromatic heterocycles. The molecule has 208 valence electrons. The Morgan fingerprint density at radius 3 is 2.35 bits per heavy atom. The van der Waals surface area contributed by atoms with E-state index in [9.17, 15) is 0 Å². The average Bonchev–Trinajstić information content (AvgIpc) is 3.01. The third-order valence-electron chi connectivity index (χ3n) is 7.82. The van der Waals surface area contributed by atoms with Gasteiger partial charge in [0.15, 0.2) is 11.5 Å². The van der Waals surface area contributed by atoms with Crippen LogP contribution < -0.4 is 24.6 Å². The Morgan fingerprint density at radius 1 is 0.850 bits per heavy atom. The molecule has 2 fully saturated rings. The maximum atomic E-state index is 5.63. The third-order valence-corrected chi connectivity index (χ3v) is 7.82. The van der Waals surface area contributed by atoms with E-state index in [2.05, 4.69) is 61.4 Å². The van der Waals surface area contributed by atoms with Gasteiger partial charge in [-0.1, -0.05) is 36.4 Å². The monoisotopic (exact) mass is 539 g/mol. The molecule has 2 aliphatic rings. The molecule has 0 radical (unpaired) electrons. The lowest BCUT2D eigenvalue weighted by Gasteiger charge is -2.36. The van der Waals surface area contributed by atoms with Crippen LogP contribution in [0.25, 0.3) is 10.9 Å². The normalized spacial score (nSPS) is 18.1. The first-order chi connectivity index (χ1) is 19.7. The molecule has 2 aromatic carbocycles. The fraction of sp³-hybridized carbons (Fsp3) is 0.387. The molecule has 4 aromatic rings. The van der Waals surface area contributed by atoms with Crippen molar-refractivity contribution in [3.05, 3.63) is 72.4 Å². The number of benzene rings is 2. The lowest BCUT2D eigenvalue weighted by Crippen LogP contribution is -2.47. The molecular weight excluding hydrogens is 502 g/mol. The van der Waals surface area contributed by atoms with Crippen LogP contribution in [0.15, 0.2) is 66.9 Å². The van der Waals surface area contributed by atoms with Gasteiger partial charge in [0.1, 0.15) is 11.6 Å². The van der Waals surface area contributed by atoms with E-state index in [1.165, 1.54) is 5.56 Å². The minimum atomic E-state index is 0.289. The predicted octanol–water partition coefficient (Wildman–Crippen LogP) is 4.45. The number of nitrogens with zero attached hydrogens (tertiary/aromatic N) is 6. The van der Waals surface area contributed by atoms with Gasteiger partial charge in [0.05, 0.1) is 19.7 Å². The highest BCUT2D eigenvalue weighted by atomic mass is 16.5. The topological polar surface area (TPSA) is 78.9 Å². The zero-order chi connectivity index (χ0) is 27.3. The minimum Gasteiger partial charge on any atom is -0.493 e. The zero-order valence-corrected chi connectivity index (χ0v) is 23.3. The van der Waals surface area contributed by atoms with Gasteiger partial charge in [-0.05, 0) is 43.1 Å². The van der Waals surface area contributed by atoms with Gasteiger partial charge in [0.2, 0.25) is 5.95 Å². The molecule has 9 heteroatoms. The van der Waals surface area contributed by atoms with Crippen molar-refractivity contribution in [2.45, 2.75) is 25.4 Å². The number of anilines is 3. The summed E-state index contributed by atoms with van der Waals surface area (Å²) < 4.78 is 11.2. The Labute approximate surface area is 235 Å². The van der Waals surface area contributed by atoms with Crippen LogP contribution >= 0.6 is 0 Å². The Morgan fingerprint density at radius 2 is 1.60 bits per heavy atom. The molecule has 1 atom stereocenters. The van der Waals surface area contributed by atoms with Crippen LogP contribution in [-0.4, -0.2) is 79.4 Å². The summed E-state index contributed by atoms with van der Waals surface area (Å²) in [5, 5.41) is 4.74. The maximum Gasteiger partial charge on any atom is 0.228 e. The largest absolute Gasteiger partial charge is 0.493 e. The second-order valence-electron chi connectivity index (χ2n) is 10.5. The number of piperidine rings is 1. The highest BCUT2D eigenvalue weighted by Crippen LogP contribution is 2.36. The average molecular weight is 540 g/mol. The summed E-state index contributed by atoms with van der Waals surface area (Å²) in [6.45, 7) is 6.40. The van der Waals surface area contributed by atoms with E-state index in [1.54, 1.807) is 14.2 Å². The molecule has 40 heavy (non-hydrogen) atoms. The molecule has 0 amide bonds. The van der Waals surface area contributed by atoms with Crippen molar-refractivity contribution in [3.63, 3.8) is 0 Å². The fourth-order valence-corrected chi connectivity index (χ4v) is 5.72. The van der Waals surface area contributed by atoms with Gasteiger partial charge in [-0.15, -0.1) is 0 Å². The smallest absolute Gasteiger partial charge is 0.228 e. The zero-order valence-electron chi connectivity index (χ0n) is 23.3. The van der Waals surface area contributed by atoms with E-state index >= 15 is 0 Å². The molecule has 1 unspecified atom stereocenters. The van der Waals surface area contributed by atoms with Crippen LogP contribution in [0.5, 0.6) is 11.5 Å². The number of hydrogen-bond donors (Lipinski definition) is 1. The van der Waals surface area contributed by atoms with E-state index in [0.717, 1.165) is 87.1 Å². The van der Waals surface area contributed by atoms with E-state index in [4.69, 9.17) is 19.4 Å². The molecule has 0 aliphatic carbocycles. The van der Waals surface area contributed by atoms with Crippen molar-refractivity contribution < 1.29 is 9.47 Å². The standard InChI is InChI=1S/C31H37N7O2/c1-39-27-19-25-26(20-28(27)40-2)34-31(38-17-15-37(16-18-38)29-12-6-7-13-32-29)35-30(25)33-24-11-8-14-36(22-24)21-23-9-4-3-5-10-23/h3-7,9-10,12-13,19-20,24H,8,11,14-18,21-22H2,1-2H3,(H,33,34,35). The number of pyridine rings is 1. The van der Waals surface area contributed by atoms with E-state index < -0.39 is 0 Å². The lowest BCUT2D eigenvalue weighted by atomic mass is 10.0. The van der Waals surface area contributed by atoms with Gasteiger partial charge in [0, 0.05) is 63.0 Å². The Bertz CT molecular complexity index is 1410. The van der Waals surface area contributed by atoms with Crippen molar-refractivity contribution in [2.75, 3.05) is 68.6 Å². The number of hydrogen-bond acceptors (Lipinski definition) is 9. The summed E-state index contributed by atoms with van der Waals surface area (Å²) in [4.78, 5) is 21.7. The van der Waals surface area contributed by atoms with Gasteiger partial charge in [-0.25, -0.2) is 9.97 Å². The second kappa shape index (κ2) is 12.0. The predicted molar refractivity (Wildman–Crippen MR) is 160 cm³/mol. The van der Waals surface area contributed by atoms with Crippen LogP contribution in [0.3, 0.4) is 0 Å². The van der Waals surface area contributed by atoms with Crippen LogP contribution in [0.4, 0.5) is 17.6 Å². The molecule has 6 rings (SSSR count). The highest BCUT2D eigenvalue weighted by molar-refractivity contribution is 5.93. The van der Waals surface area contributed by atoms with Crippen molar-refractivity contribution in [3.8, 4) is 11.5 Å². The molecule has 0 saturated carbocycles. The molecule has 2 saturated heterocycles. The lowest BCUT2D eigenvalue weighted by molar-refractivity contribution is 0.208. The molecule has 2 aliphatic heterocycles. The van der Waals surface area contributed by atoms with E-state index in [0.29, 0.717) is 11.5 Å². The number of fused-ring (bicyclic) bond motifs is 1. The first-order valence-electron chi connectivity index (χ1n) is 14.1. The number of aromatic nitrogens is 3. The van der Waals surface area contributed by atoms with Crippen molar-refractivity contribution in [2.24, 2.45) is 0 Å². The van der Waals surface area contributed by atoms with E-state index in [-0.39, 0.29) is 6.04 Å². The molecule has 1 N–H and O–H groups in total. The third kappa shape index (κ3) is 5.74. The van der Waals surface area contributed by atoms with Crippen molar-refractivity contribution in [1.82, 2.24) is 19.9 Å². The summed E-state index contributed by atoms with van der Waals surface area (Å²) in [5.74, 6) is 3.93. The van der Waals surface area contributed by atoms with Gasteiger partial charge in [-0.3, -0.25) is 4.90 Å². The molecule has 0 spiro atoms. The summed E-state index contributed by atoms with van der Waals surface area (Å²) >= 11 is 0. The number of nitrogens with one attached hydrogen (secondary N) is 1. The van der Waals surface area contributed by atoms with Crippen LogP contribution in [0.2, 0.25) is 0 Å². The summed E-state index contributed by atoms with van der Waals surface area (Å²) in [7, 11) is 3.32. The quantitative estimate of drug-likeness (QED) is 0.349. The van der Waals surface area contributed by atoms with Crippen molar-refractivity contribution >= 4 is 28.5 Å². The number of rotatable bonds is 8. The molecule has 4 heterocycles. The number of likely N-dealkylation sites (tertiary alicyclic amines) is 1. The molecule has 0 bridgehead atoms. The number of piperazine rings is 1. The van der Waals surface area contributed by atoms with Gasteiger partial charge in [0.25, 0.3) is 0 Å². The number of ether oxygens (including phenoxy) is 2. The van der Waals surface area contributed by atoms with E-state index in [1.807, 2.05) is 30.5 Å². The summed E-state index contributed by atoms with van der Waals surface area (Å²) in [6, 6.07) is 21.0. The molecular formula is C31H37N7O2. The van der Waals surface area contributed by atoms with Crippen LogP contribution in [0, 0.1) is 0 Å². The first-order valence-corrected chi connectivity index (χ1v) is 14.1. The first kappa shape index (κ1) is 26.1. The Balaban J connectivity index is 1.26. The van der Waals surface area contributed by atoms with Crippen LogP contribution in [0.1, 0.15) is 18.4 Å². The second-order valence-corrected chi connectivity index (χ2v) is 10.5. The molecule has 9 nitrogen and oxygen atoms in total.